The third kappa shape index (κ3) is 4.23. The second kappa shape index (κ2) is 7.12. The summed E-state index contributed by atoms with van der Waals surface area (Å²) in [4.78, 5) is 4.03. The first kappa shape index (κ1) is 13.8. The summed E-state index contributed by atoms with van der Waals surface area (Å²) in [5, 5.41) is 13.2. The molecule has 96 valence electrons. The third-order valence-corrected chi connectivity index (χ3v) is 3.05. The second-order valence-electron chi connectivity index (χ2n) is 4.11. The van der Waals surface area contributed by atoms with E-state index in [2.05, 4.69) is 24.1 Å². The molecule has 17 heavy (non-hydrogen) atoms. The number of hydrogen-bond donors (Lipinski definition) is 2. The van der Waals surface area contributed by atoms with Crippen molar-refractivity contribution in [3.05, 3.63) is 18.3 Å². The summed E-state index contributed by atoms with van der Waals surface area (Å²) in [6.07, 6.45) is 3.37. The number of nitrogens with zero attached hydrogens (tertiary/aromatic N) is 1. The number of aliphatic hydroxyl groups excluding tert-OH is 1. The molecule has 1 atom stereocenters. The molecule has 1 unspecified atom stereocenters. The van der Waals surface area contributed by atoms with Crippen LogP contribution in [0.15, 0.2) is 18.3 Å². The van der Waals surface area contributed by atoms with Crippen LogP contribution >= 0.6 is 0 Å². The van der Waals surface area contributed by atoms with E-state index in [-0.39, 0.29) is 6.10 Å². The van der Waals surface area contributed by atoms with Crippen molar-refractivity contribution in [2.75, 3.05) is 19.0 Å². The number of ether oxygens (including phenoxy) is 1. The Morgan fingerprint density at radius 1 is 1.41 bits per heavy atom. The smallest absolute Gasteiger partial charge is 0.214 e. The van der Waals surface area contributed by atoms with Crippen molar-refractivity contribution >= 4 is 5.69 Å². The summed E-state index contributed by atoms with van der Waals surface area (Å²) in [6, 6.07) is 3.68. The summed E-state index contributed by atoms with van der Waals surface area (Å²) in [5.41, 5.74) is 0.918. The van der Waals surface area contributed by atoms with Crippen LogP contribution in [0.1, 0.15) is 26.7 Å². The minimum Gasteiger partial charge on any atom is -0.481 e. The molecule has 4 nitrogen and oxygen atoms in total. The molecule has 1 aromatic heterocycles. The Labute approximate surface area is 103 Å². The van der Waals surface area contributed by atoms with Gasteiger partial charge in [-0.1, -0.05) is 26.7 Å². The Morgan fingerprint density at radius 3 is 2.71 bits per heavy atom. The summed E-state index contributed by atoms with van der Waals surface area (Å²) in [7, 11) is 1.59. The normalized spacial score (nSPS) is 12.5. The van der Waals surface area contributed by atoms with Gasteiger partial charge in [-0.25, -0.2) is 4.98 Å². The highest BCUT2D eigenvalue weighted by molar-refractivity contribution is 5.45. The van der Waals surface area contributed by atoms with Crippen LogP contribution in [0, 0.1) is 5.92 Å². The number of anilines is 1. The minimum absolute atomic E-state index is 0.316. The summed E-state index contributed by atoms with van der Waals surface area (Å²) >= 11 is 0. The predicted octanol–water partition coefficient (Wildman–Crippen LogP) is 2.30. The van der Waals surface area contributed by atoms with Crippen LogP contribution in [0.25, 0.3) is 0 Å². The molecule has 0 amide bonds. The highest BCUT2D eigenvalue weighted by Gasteiger charge is 2.14. The van der Waals surface area contributed by atoms with Gasteiger partial charge in [-0.05, 0) is 12.0 Å². The second-order valence-corrected chi connectivity index (χ2v) is 4.11. The summed E-state index contributed by atoms with van der Waals surface area (Å²) in [5.74, 6) is 0.929. The van der Waals surface area contributed by atoms with Crippen LogP contribution in [0.5, 0.6) is 5.88 Å². The maximum Gasteiger partial charge on any atom is 0.214 e. The van der Waals surface area contributed by atoms with Gasteiger partial charge < -0.3 is 15.2 Å². The molecule has 0 aromatic carbocycles. The van der Waals surface area contributed by atoms with Gasteiger partial charge in [0.1, 0.15) is 0 Å². The molecule has 0 bridgehead atoms. The molecule has 0 spiro atoms. The van der Waals surface area contributed by atoms with E-state index in [1.165, 1.54) is 0 Å². The van der Waals surface area contributed by atoms with Gasteiger partial charge in [-0.15, -0.1) is 0 Å². The van der Waals surface area contributed by atoms with Crippen LogP contribution in [-0.4, -0.2) is 29.8 Å². The Kier molecular flexibility index (Phi) is 5.77. The predicted molar refractivity (Wildman–Crippen MR) is 69.4 cm³/mol. The Hall–Kier alpha value is -1.29. The first-order chi connectivity index (χ1) is 8.21. The van der Waals surface area contributed by atoms with Crippen LogP contribution in [0.3, 0.4) is 0 Å². The van der Waals surface area contributed by atoms with Crippen LogP contribution in [0.4, 0.5) is 5.69 Å². The number of pyridine rings is 1. The lowest BCUT2D eigenvalue weighted by Gasteiger charge is -2.20. The van der Waals surface area contributed by atoms with Crippen LogP contribution < -0.4 is 10.1 Å². The number of aromatic nitrogens is 1. The average molecular weight is 238 g/mol. The van der Waals surface area contributed by atoms with E-state index < -0.39 is 0 Å². The van der Waals surface area contributed by atoms with Gasteiger partial charge >= 0.3 is 0 Å². The van der Waals surface area contributed by atoms with E-state index in [0.717, 1.165) is 18.5 Å². The zero-order valence-corrected chi connectivity index (χ0v) is 10.8. The Balaban J connectivity index is 2.49. The zero-order chi connectivity index (χ0) is 12.7. The quantitative estimate of drug-likeness (QED) is 0.765. The molecule has 0 aliphatic rings. The highest BCUT2D eigenvalue weighted by Crippen LogP contribution is 2.16. The number of methoxy groups -OCH3 is 1. The monoisotopic (exact) mass is 238 g/mol. The molecule has 0 radical (unpaired) electrons. The van der Waals surface area contributed by atoms with E-state index in [4.69, 9.17) is 4.74 Å². The van der Waals surface area contributed by atoms with E-state index >= 15 is 0 Å². The van der Waals surface area contributed by atoms with Gasteiger partial charge in [0.15, 0.2) is 0 Å². The van der Waals surface area contributed by atoms with Crippen molar-refractivity contribution in [1.29, 1.82) is 0 Å². The molecule has 4 heteroatoms. The fourth-order valence-corrected chi connectivity index (χ4v) is 1.85. The highest BCUT2D eigenvalue weighted by atomic mass is 16.5. The van der Waals surface area contributed by atoms with Crippen molar-refractivity contribution in [2.45, 2.75) is 32.8 Å². The van der Waals surface area contributed by atoms with Gasteiger partial charge in [-0.2, -0.15) is 0 Å². The van der Waals surface area contributed by atoms with E-state index in [0.29, 0.717) is 18.3 Å². The topological polar surface area (TPSA) is 54.4 Å². The van der Waals surface area contributed by atoms with Crippen molar-refractivity contribution in [3.63, 3.8) is 0 Å². The zero-order valence-electron chi connectivity index (χ0n) is 10.8. The molecule has 1 aromatic rings. The Bertz CT molecular complexity index is 327. The first-order valence-corrected chi connectivity index (χ1v) is 6.13. The molecule has 0 aliphatic carbocycles. The van der Waals surface area contributed by atoms with Gasteiger partial charge in [0.05, 0.1) is 13.2 Å². The number of rotatable bonds is 7. The van der Waals surface area contributed by atoms with E-state index in [1.54, 1.807) is 13.3 Å². The molecule has 1 heterocycles. The first-order valence-electron chi connectivity index (χ1n) is 6.13. The summed E-state index contributed by atoms with van der Waals surface area (Å²) in [6.45, 7) is 4.76. The lowest BCUT2D eigenvalue weighted by atomic mass is 9.96. The molecule has 0 saturated heterocycles. The maximum atomic E-state index is 9.99. The molecule has 0 aliphatic heterocycles. The number of nitrogens with one attached hydrogen (secondary N) is 1. The molecule has 2 N–H and O–H groups in total. The molecule has 0 saturated carbocycles. The number of hydrogen-bond acceptors (Lipinski definition) is 4. The van der Waals surface area contributed by atoms with Gasteiger partial charge in [-0.3, -0.25) is 0 Å². The van der Waals surface area contributed by atoms with E-state index in [1.807, 2.05) is 12.1 Å². The SMILES string of the molecule is CCC(CC)C(O)CNc1ccnc(OC)c1. The fraction of sp³-hybridized carbons (Fsp3) is 0.615. The molecular formula is C13H22N2O2. The van der Waals surface area contributed by atoms with Crippen LogP contribution in [-0.2, 0) is 0 Å². The lowest BCUT2D eigenvalue weighted by Crippen LogP contribution is -2.27. The van der Waals surface area contributed by atoms with Crippen molar-refractivity contribution in [3.8, 4) is 5.88 Å². The average Bonchev–Trinajstić information content (AvgIpc) is 2.38. The Morgan fingerprint density at radius 2 is 2.12 bits per heavy atom. The number of aliphatic hydroxyl groups is 1. The molecular weight excluding hydrogens is 216 g/mol. The van der Waals surface area contributed by atoms with Crippen LogP contribution in [0.2, 0.25) is 0 Å². The van der Waals surface area contributed by atoms with Crippen molar-refractivity contribution in [1.82, 2.24) is 4.98 Å². The fourth-order valence-electron chi connectivity index (χ4n) is 1.85. The standard InChI is InChI=1S/C13H22N2O2/c1-4-10(5-2)12(16)9-15-11-6-7-14-13(8-11)17-3/h6-8,10,12,16H,4-5,9H2,1-3H3,(H,14,15). The van der Waals surface area contributed by atoms with Gasteiger partial charge in [0, 0.05) is 24.5 Å². The third-order valence-electron chi connectivity index (χ3n) is 3.05. The lowest BCUT2D eigenvalue weighted by molar-refractivity contribution is 0.114. The van der Waals surface area contributed by atoms with Crippen molar-refractivity contribution in [2.24, 2.45) is 5.92 Å². The molecule has 0 fully saturated rings. The van der Waals surface area contributed by atoms with Gasteiger partial charge in [0.2, 0.25) is 5.88 Å². The summed E-state index contributed by atoms with van der Waals surface area (Å²) < 4.78 is 5.04. The van der Waals surface area contributed by atoms with Gasteiger partial charge in [0.25, 0.3) is 0 Å². The largest absolute Gasteiger partial charge is 0.481 e. The molecule has 1 rings (SSSR count). The van der Waals surface area contributed by atoms with E-state index in [9.17, 15) is 5.11 Å². The maximum absolute atomic E-state index is 9.99. The minimum atomic E-state index is -0.316. The van der Waals surface area contributed by atoms with Crippen molar-refractivity contribution < 1.29 is 9.84 Å².